The zero-order valence-corrected chi connectivity index (χ0v) is 15.2. The first-order valence-electron chi connectivity index (χ1n) is 9.80. The van der Waals surface area contributed by atoms with Gasteiger partial charge in [-0.25, -0.2) is 0 Å². The normalized spacial score (nSPS) is 30.5. The molecule has 0 aromatic rings. The van der Waals surface area contributed by atoms with Gasteiger partial charge in [0.25, 0.3) is 5.91 Å². The molecule has 0 unspecified atom stereocenters. The van der Waals surface area contributed by atoms with Gasteiger partial charge in [0.1, 0.15) is 0 Å². The third kappa shape index (κ3) is 4.53. The monoisotopic (exact) mass is 350 g/mol. The van der Waals surface area contributed by atoms with Crippen LogP contribution in [0.3, 0.4) is 0 Å². The number of amides is 2. The van der Waals surface area contributed by atoms with Gasteiger partial charge in [-0.1, -0.05) is 32.6 Å². The standard InChI is InChI=1S/C19H30N2O4/c1-13-6-2-5-9-16(13)20-17(22)12-25-19(24)14-10-18(23)21(11-14)15-7-3-4-8-15/h13-16H,2-12H2,1H3,(H,20,22)/t13-,14-,16-/m1/s1. The fourth-order valence-electron chi connectivity index (χ4n) is 4.49. The van der Waals surface area contributed by atoms with Gasteiger partial charge in [0, 0.05) is 25.0 Å². The molecule has 2 amide bonds. The van der Waals surface area contributed by atoms with Gasteiger partial charge in [0.2, 0.25) is 5.91 Å². The molecule has 0 spiro atoms. The summed E-state index contributed by atoms with van der Waals surface area (Å²) >= 11 is 0. The summed E-state index contributed by atoms with van der Waals surface area (Å²) in [6.45, 7) is 2.36. The molecule has 0 aromatic heterocycles. The highest BCUT2D eigenvalue weighted by molar-refractivity contribution is 5.88. The number of rotatable bonds is 5. The number of carbonyl (C=O) groups is 3. The molecule has 25 heavy (non-hydrogen) atoms. The van der Waals surface area contributed by atoms with Crippen LogP contribution >= 0.6 is 0 Å². The Morgan fingerprint density at radius 3 is 2.52 bits per heavy atom. The Labute approximate surface area is 149 Å². The molecule has 2 saturated carbocycles. The van der Waals surface area contributed by atoms with Crippen molar-refractivity contribution in [1.82, 2.24) is 10.2 Å². The lowest BCUT2D eigenvalue weighted by Gasteiger charge is -2.29. The second kappa shape index (κ2) is 8.19. The van der Waals surface area contributed by atoms with E-state index in [1.54, 1.807) is 0 Å². The van der Waals surface area contributed by atoms with Crippen molar-refractivity contribution >= 4 is 17.8 Å². The second-order valence-electron chi connectivity index (χ2n) is 7.93. The Kier molecular flexibility index (Phi) is 5.97. The number of ether oxygens (including phenoxy) is 1. The molecule has 1 N–H and O–H groups in total. The van der Waals surface area contributed by atoms with Gasteiger partial charge in [0.15, 0.2) is 6.61 Å². The van der Waals surface area contributed by atoms with Gasteiger partial charge in [-0.05, 0) is 31.6 Å². The molecule has 2 aliphatic carbocycles. The van der Waals surface area contributed by atoms with E-state index < -0.39 is 11.9 Å². The van der Waals surface area contributed by atoms with Gasteiger partial charge in [-0.3, -0.25) is 14.4 Å². The summed E-state index contributed by atoms with van der Waals surface area (Å²) in [6, 6.07) is 0.479. The van der Waals surface area contributed by atoms with Gasteiger partial charge in [0.05, 0.1) is 5.92 Å². The van der Waals surface area contributed by atoms with Crippen LogP contribution in [0, 0.1) is 11.8 Å². The first-order chi connectivity index (χ1) is 12.0. The number of esters is 1. The summed E-state index contributed by atoms with van der Waals surface area (Å²) in [6.07, 6.45) is 9.08. The molecule has 1 heterocycles. The molecule has 3 aliphatic rings. The molecule has 6 nitrogen and oxygen atoms in total. The number of carbonyl (C=O) groups excluding carboxylic acids is 3. The Hall–Kier alpha value is -1.59. The highest BCUT2D eigenvalue weighted by Crippen LogP contribution is 2.30. The quantitative estimate of drug-likeness (QED) is 0.770. The van der Waals surface area contributed by atoms with Gasteiger partial charge in [-0.15, -0.1) is 0 Å². The lowest BCUT2D eigenvalue weighted by atomic mass is 9.86. The van der Waals surface area contributed by atoms with Crippen molar-refractivity contribution in [3.8, 4) is 0 Å². The van der Waals surface area contributed by atoms with Crippen LogP contribution in [0.2, 0.25) is 0 Å². The van der Waals surface area contributed by atoms with Crippen LogP contribution in [0.4, 0.5) is 0 Å². The highest BCUT2D eigenvalue weighted by Gasteiger charge is 2.39. The average Bonchev–Trinajstić information content (AvgIpc) is 3.24. The van der Waals surface area contributed by atoms with Crippen LogP contribution in [0.25, 0.3) is 0 Å². The number of nitrogens with zero attached hydrogens (tertiary/aromatic N) is 1. The Bertz CT molecular complexity index is 516. The highest BCUT2D eigenvalue weighted by atomic mass is 16.5. The molecule has 3 atom stereocenters. The first kappa shape index (κ1) is 18.2. The van der Waals surface area contributed by atoms with E-state index in [0.29, 0.717) is 18.5 Å². The lowest BCUT2D eigenvalue weighted by molar-refractivity contribution is -0.152. The maximum Gasteiger partial charge on any atom is 0.311 e. The second-order valence-corrected chi connectivity index (χ2v) is 7.93. The maximum atomic E-state index is 12.2. The van der Waals surface area contributed by atoms with E-state index in [1.807, 2.05) is 4.90 Å². The van der Waals surface area contributed by atoms with Crippen molar-refractivity contribution in [2.24, 2.45) is 11.8 Å². The predicted octanol–water partition coefficient (Wildman–Crippen LogP) is 2.02. The van der Waals surface area contributed by atoms with Gasteiger partial charge < -0.3 is 15.0 Å². The van der Waals surface area contributed by atoms with Gasteiger partial charge >= 0.3 is 5.97 Å². The number of likely N-dealkylation sites (tertiary alicyclic amines) is 1. The summed E-state index contributed by atoms with van der Waals surface area (Å²) < 4.78 is 5.19. The van der Waals surface area contributed by atoms with Crippen molar-refractivity contribution in [3.63, 3.8) is 0 Å². The average molecular weight is 350 g/mol. The van der Waals surface area contributed by atoms with Crippen LogP contribution in [0.1, 0.15) is 64.7 Å². The topological polar surface area (TPSA) is 75.7 Å². The first-order valence-corrected chi connectivity index (χ1v) is 9.80. The molecule has 0 bridgehead atoms. The minimum Gasteiger partial charge on any atom is -0.455 e. The summed E-state index contributed by atoms with van der Waals surface area (Å²) in [7, 11) is 0. The van der Waals surface area contributed by atoms with E-state index >= 15 is 0 Å². The minimum atomic E-state index is -0.422. The molecule has 1 saturated heterocycles. The van der Waals surface area contributed by atoms with E-state index in [2.05, 4.69) is 12.2 Å². The number of hydrogen-bond donors (Lipinski definition) is 1. The molecule has 0 aromatic carbocycles. The molecular weight excluding hydrogens is 320 g/mol. The van der Waals surface area contributed by atoms with Gasteiger partial charge in [-0.2, -0.15) is 0 Å². The Morgan fingerprint density at radius 2 is 1.80 bits per heavy atom. The summed E-state index contributed by atoms with van der Waals surface area (Å²) in [5.74, 6) is -0.547. The minimum absolute atomic E-state index is 0.0503. The van der Waals surface area contributed by atoms with Crippen LogP contribution in [0.5, 0.6) is 0 Å². The molecule has 1 aliphatic heterocycles. The zero-order valence-electron chi connectivity index (χ0n) is 15.2. The fraction of sp³-hybridized carbons (Fsp3) is 0.842. The molecule has 6 heteroatoms. The van der Waals surface area contributed by atoms with Crippen LogP contribution < -0.4 is 5.32 Å². The SMILES string of the molecule is C[C@@H]1CCCC[C@H]1NC(=O)COC(=O)[C@@H]1CC(=O)N(C2CCCC2)C1. The van der Waals surface area contributed by atoms with Crippen molar-refractivity contribution in [3.05, 3.63) is 0 Å². The molecular formula is C19H30N2O4. The van der Waals surface area contributed by atoms with Crippen molar-refractivity contribution in [1.29, 1.82) is 0 Å². The summed E-state index contributed by atoms with van der Waals surface area (Å²) in [4.78, 5) is 38.3. The number of hydrogen-bond acceptors (Lipinski definition) is 4. The van der Waals surface area contributed by atoms with Crippen molar-refractivity contribution in [2.75, 3.05) is 13.2 Å². The van der Waals surface area contributed by atoms with E-state index in [-0.39, 0.29) is 30.9 Å². The lowest BCUT2D eigenvalue weighted by Crippen LogP contribution is -2.43. The van der Waals surface area contributed by atoms with Crippen molar-refractivity contribution < 1.29 is 19.1 Å². The smallest absolute Gasteiger partial charge is 0.311 e. The maximum absolute atomic E-state index is 12.2. The Morgan fingerprint density at radius 1 is 1.12 bits per heavy atom. The van der Waals surface area contributed by atoms with E-state index in [0.717, 1.165) is 44.9 Å². The van der Waals surface area contributed by atoms with E-state index in [9.17, 15) is 14.4 Å². The molecule has 140 valence electrons. The third-order valence-electron chi connectivity index (χ3n) is 6.06. The number of nitrogens with one attached hydrogen (secondary N) is 1. The molecule has 0 radical (unpaired) electrons. The van der Waals surface area contributed by atoms with Crippen LogP contribution in [-0.4, -0.2) is 47.9 Å². The molecule has 3 fully saturated rings. The summed E-state index contributed by atoms with van der Waals surface area (Å²) in [5, 5.41) is 2.98. The zero-order chi connectivity index (χ0) is 17.8. The summed E-state index contributed by atoms with van der Waals surface area (Å²) in [5.41, 5.74) is 0. The largest absolute Gasteiger partial charge is 0.455 e. The fourth-order valence-corrected chi connectivity index (χ4v) is 4.49. The molecule has 3 rings (SSSR count). The Balaban J connectivity index is 1.41. The van der Waals surface area contributed by atoms with Crippen LogP contribution in [0.15, 0.2) is 0 Å². The van der Waals surface area contributed by atoms with E-state index in [4.69, 9.17) is 4.74 Å². The third-order valence-corrected chi connectivity index (χ3v) is 6.06. The van der Waals surface area contributed by atoms with Crippen LogP contribution in [-0.2, 0) is 19.1 Å². The van der Waals surface area contributed by atoms with Crippen molar-refractivity contribution in [2.45, 2.75) is 76.8 Å². The predicted molar refractivity (Wildman–Crippen MR) is 92.6 cm³/mol. The van der Waals surface area contributed by atoms with E-state index in [1.165, 1.54) is 6.42 Å².